The fourth-order valence-electron chi connectivity index (χ4n) is 8.28. The minimum atomic E-state index is -0.424. The lowest BCUT2D eigenvalue weighted by atomic mass is 10.1. The predicted molar refractivity (Wildman–Crippen MR) is 210 cm³/mol. The Morgan fingerprint density at radius 1 is 0.481 bits per heavy atom. The number of nitrogens with zero attached hydrogens (tertiary/aromatic N) is 4. The first kappa shape index (κ1) is 28.8. The normalized spacial score (nSPS) is 13.0. The van der Waals surface area contributed by atoms with E-state index in [-0.39, 0.29) is 11.3 Å². The van der Waals surface area contributed by atoms with E-state index in [2.05, 4.69) is 112 Å². The first-order valence-electron chi connectivity index (χ1n) is 17.0. The fourth-order valence-corrected chi connectivity index (χ4v) is 9.37. The maximum absolute atomic E-state index is 13.4. The van der Waals surface area contributed by atoms with Gasteiger partial charge in [0.15, 0.2) is 0 Å². The van der Waals surface area contributed by atoms with Gasteiger partial charge in [-0.1, -0.05) is 66.7 Å². The second kappa shape index (κ2) is 10.5. The van der Waals surface area contributed by atoms with Crippen LogP contribution in [-0.2, 0) is 0 Å². The molecule has 7 heteroatoms. The van der Waals surface area contributed by atoms with E-state index >= 15 is 0 Å². The summed E-state index contributed by atoms with van der Waals surface area (Å²) in [4.78, 5) is 27.9. The van der Waals surface area contributed by atoms with Crippen LogP contribution in [0.25, 0.3) is 75.2 Å². The molecule has 0 spiro atoms. The molecule has 0 aliphatic carbocycles. The molecule has 0 unspecified atom stereocenters. The Labute approximate surface area is 300 Å². The summed E-state index contributed by atoms with van der Waals surface area (Å²) < 4.78 is 7.09. The third-order valence-corrected chi connectivity index (χ3v) is 11.6. The van der Waals surface area contributed by atoms with Gasteiger partial charge in [-0.2, -0.15) is 5.26 Å². The van der Waals surface area contributed by atoms with Crippen LogP contribution in [0.3, 0.4) is 0 Å². The lowest BCUT2D eigenvalue weighted by Crippen LogP contribution is -2.30. The molecule has 0 N–H and O–H groups in total. The Kier molecular flexibility index (Phi) is 5.81. The zero-order chi connectivity index (χ0) is 34.7. The van der Waals surface area contributed by atoms with Gasteiger partial charge in [0.25, 0.3) is 11.8 Å². The summed E-state index contributed by atoms with van der Waals surface area (Å²) in [7, 11) is 0. The van der Waals surface area contributed by atoms with E-state index in [1.807, 2.05) is 23.5 Å². The van der Waals surface area contributed by atoms with Crippen LogP contribution in [-0.4, -0.2) is 20.9 Å². The van der Waals surface area contributed by atoms with Gasteiger partial charge in [0.2, 0.25) is 0 Å². The molecule has 7 aromatic carbocycles. The summed E-state index contributed by atoms with van der Waals surface area (Å²) in [6.45, 7) is 0. The number of fused-ring (bicyclic) bond motifs is 11. The minimum absolute atomic E-state index is 0.243. The molecule has 1 aliphatic rings. The second-order valence-corrected chi connectivity index (χ2v) is 14.2. The van der Waals surface area contributed by atoms with E-state index in [1.165, 1.54) is 20.2 Å². The number of imide groups is 1. The van der Waals surface area contributed by atoms with Crippen molar-refractivity contribution in [2.45, 2.75) is 0 Å². The zero-order valence-electron chi connectivity index (χ0n) is 27.4. The lowest BCUT2D eigenvalue weighted by molar-refractivity contribution is 0.0926. The summed E-state index contributed by atoms with van der Waals surface area (Å²) in [5.41, 5.74) is 7.29. The maximum Gasteiger partial charge on any atom is 0.266 e. The van der Waals surface area contributed by atoms with E-state index in [1.54, 1.807) is 36.4 Å². The van der Waals surface area contributed by atoms with Gasteiger partial charge in [-0.15, -0.1) is 11.3 Å². The first-order chi connectivity index (χ1) is 25.6. The number of carbonyl (C=O) groups excluding carboxylic acids is 2. The SMILES string of the molecule is N#Cc1cc(-n2c3ccccc3c3c4c5ccccc5n(-c5ccc6sc7ccccc7c6c5)c4ccc32)ccc1N1C(=O)c2ccccc2C1=O. The minimum Gasteiger partial charge on any atom is -0.309 e. The average molecular weight is 685 g/mol. The molecule has 0 atom stereocenters. The fraction of sp³-hybridized carbons (Fsp3) is 0. The number of aromatic nitrogens is 2. The Balaban J connectivity index is 1.15. The number of para-hydroxylation sites is 2. The third-order valence-electron chi connectivity index (χ3n) is 10.5. The zero-order valence-corrected chi connectivity index (χ0v) is 28.2. The van der Waals surface area contributed by atoms with Gasteiger partial charge in [-0.3, -0.25) is 9.59 Å². The Bertz CT molecular complexity index is 3230. The molecule has 0 bridgehead atoms. The lowest BCUT2D eigenvalue weighted by Gasteiger charge is -2.17. The Morgan fingerprint density at radius 2 is 1.00 bits per heavy atom. The van der Waals surface area contributed by atoms with Crippen LogP contribution in [0.2, 0.25) is 0 Å². The van der Waals surface area contributed by atoms with Crippen molar-refractivity contribution >= 4 is 92.6 Å². The van der Waals surface area contributed by atoms with Crippen molar-refractivity contribution in [3.63, 3.8) is 0 Å². The van der Waals surface area contributed by atoms with Crippen LogP contribution in [0.15, 0.2) is 146 Å². The van der Waals surface area contributed by atoms with Crippen molar-refractivity contribution in [1.82, 2.24) is 9.13 Å². The quantitative estimate of drug-likeness (QED) is 0.174. The van der Waals surface area contributed by atoms with Gasteiger partial charge in [-0.05, 0) is 78.9 Å². The van der Waals surface area contributed by atoms with Gasteiger partial charge in [0.1, 0.15) is 6.07 Å². The molecule has 4 heterocycles. The first-order valence-corrected chi connectivity index (χ1v) is 17.8. The summed E-state index contributed by atoms with van der Waals surface area (Å²) in [5, 5.41) is 17.4. The highest BCUT2D eigenvalue weighted by molar-refractivity contribution is 7.25. The molecule has 0 saturated heterocycles. The summed E-state index contributed by atoms with van der Waals surface area (Å²) >= 11 is 1.82. The van der Waals surface area contributed by atoms with E-state index in [0.717, 1.165) is 59.9 Å². The molecule has 0 saturated carbocycles. The van der Waals surface area contributed by atoms with Crippen LogP contribution in [0.1, 0.15) is 26.3 Å². The van der Waals surface area contributed by atoms with Crippen LogP contribution in [0, 0.1) is 11.3 Å². The molecule has 52 heavy (non-hydrogen) atoms. The smallest absolute Gasteiger partial charge is 0.266 e. The molecular formula is C45H24N4O2S. The summed E-state index contributed by atoms with van der Waals surface area (Å²) in [6.07, 6.45) is 0. The Morgan fingerprint density at radius 3 is 1.63 bits per heavy atom. The van der Waals surface area contributed by atoms with E-state index in [4.69, 9.17) is 0 Å². The number of nitriles is 1. The van der Waals surface area contributed by atoms with Gasteiger partial charge < -0.3 is 9.13 Å². The average Bonchev–Trinajstić information content (AvgIpc) is 3.91. The van der Waals surface area contributed by atoms with Crippen LogP contribution in [0.5, 0.6) is 0 Å². The highest BCUT2D eigenvalue weighted by atomic mass is 32.1. The standard InChI is InChI=1S/C45H24N4O2S/c46-25-26-23-27(17-19-35(26)49-44(50)30-10-1-2-11-31(30)45(49)51)47-36-14-6-3-12-32(36)42-38(47)20-21-39-43(42)33-13-4-7-15-37(33)48(39)28-18-22-41-34(24-28)29-9-5-8-16-40(29)52-41/h1-24H. The second-order valence-electron chi connectivity index (χ2n) is 13.1. The van der Waals surface area contributed by atoms with Crippen molar-refractivity contribution in [3.8, 4) is 17.4 Å². The monoisotopic (exact) mass is 684 g/mol. The topological polar surface area (TPSA) is 71.0 Å². The van der Waals surface area contributed by atoms with Gasteiger partial charge >= 0.3 is 0 Å². The molecule has 1 aliphatic heterocycles. The molecule has 3 aromatic heterocycles. The van der Waals surface area contributed by atoms with Crippen LogP contribution in [0.4, 0.5) is 5.69 Å². The number of rotatable bonds is 3. The Hall–Kier alpha value is -7.01. The van der Waals surface area contributed by atoms with Gasteiger partial charge in [0.05, 0.1) is 44.4 Å². The van der Waals surface area contributed by atoms with Crippen LogP contribution < -0.4 is 4.90 Å². The number of carbonyl (C=O) groups is 2. The van der Waals surface area contributed by atoms with Gasteiger partial charge in [-0.25, -0.2) is 4.90 Å². The summed E-state index contributed by atoms with van der Waals surface area (Å²) in [5.74, 6) is -0.848. The van der Waals surface area contributed by atoms with Crippen LogP contribution >= 0.6 is 11.3 Å². The van der Waals surface area contributed by atoms with Crippen molar-refractivity contribution < 1.29 is 9.59 Å². The number of benzene rings is 7. The summed E-state index contributed by atoms with van der Waals surface area (Å²) in [6, 6.07) is 51.0. The number of anilines is 1. The van der Waals surface area contributed by atoms with Crippen molar-refractivity contribution in [1.29, 1.82) is 5.26 Å². The molecule has 0 fully saturated rings. The molecular weight excluding hydrogens is 661 g/mol. The predicted octanol–water partition coefficient (Wildman–Crippen LogP) is 10.9. The third kappa shape index (κ3) is 3.76. The number of thiophene rings is 1. The van der Waals surface area contributed by atoms with E-state index in [9.17, 15) is 14.9 Å². The molecule has 242 valence electrons. The van der Waals surface area contributed by atoms with Crippen molar-refractivity contribution in [2.24, 2.45) is 0 Å². The van der Waals surface area contributed by atoms with Crippen molar-refractivity contribution in [2.75, 3.05) is 4.90 Å². The molecule has 10 aromatic rings. The molecule has 6 nitrogen and oxygen atoms in total. The van der Waals surface area contributed by atoms with E-state index < -0.39 is 11.8 Å². The number of amides is 2. The number of hydrogen-bond acceptors (Lipinski definition) is 4. The van der Waals surface area contributed by atoms with E-state index in [0.29, 0.717) is 11.1 Å². The van der Waals surface area contributed by atoms with Crippen molar-refractivity contribution in [3.05, 3.63) is 162 Å². The molecule has 2 amide bonds. The molecule has 0 radical (unpaired) electrons. The molecule has 11 rings (SSSR count). The highest BCUT2D eigenvalue weighted by Crippen LogP contribution is 2.44. The maximum atomic E-state index is 13.4. The number of hydrogen-bond donors (Lipinski definition) is 0. The van der Waals surface area contributed by atoms with Gasteiger partial charge in [0, 0.05) is 53.1 Å². The largest absolute Gasteiger partial charge is 0.309 e. The highest BCUT2D eigenvalue weighted by Gasteiger charge is 2.37.